The van der Waals surface area contributed by atoms with Gasteiger partial charge in [-0.1, -0.05) is 39.7 Å². The summed E-state index contributed by atoms with van der Waals surface area (Å²) in [4.78, 5) is 0.309. The summed E-state index contributed by atoms with van der Waals surface area (Å²) in [5, 5.41) is 3.82. The Morgan fingerprint density at radius 3 is 2.60 bits per heavy atom. The van der Waals surface area contributed by atoms with E-state index in [0.29, 0.717) is 15.8 Å². The molecule has 20 heavy (non-hydrogen) atoms. The molecule has 0 aromatic heterocycles. The van der Waals surface area contributed by atoms with Crippen LogP contribution >= 0.6 is 39.7 Å². The monoisotopic (exact) mass is 370 g/mol. The second-order valence-electron chi connectivity index (χ2n) is 4.02. The smallest absolute Gasteiger partial charge is 0.120 e. The molecule has 6 heteroatoms. The molecule has 0 fully saturated rings. The Morgan fingerprint density at radius 1 is 1.25 bits per heavy atom. The van der Waals surface area contributed by atoms with Crippen molar-refractivity contribution >= 4 is 56.1 Å². The summed E-state index contributed by atoms with van der Waals surface area (Å²) in [7, 11) is 1.60. The standard InChI is InChI=1S/C14H12BrClN2OS/c1-19-9-3-4-10(14(17)20)13(7-9)18-12-5-2-8(15)6-11(12)16/h2-7,18H,1H3,(H2,17,20). The van der Waals surface area contributed by atoms with E-state index < -0.39 is 0 Å². The number of hydrogen-bond acceptors (Lipinski definition) is 3. The van der Waals surface area contributed by atoms with Crippen molar-refractivity contribution in [3.63, 3.8) is 0 Å². The Labute approximate surface area is 136 Å². The number of nitrogens with two attached hydrogens (primary N) is 1. The average Bonchev–Trinajstić information content (AvgIpc) is 2.41. The van der Waals surface area contributed by atoms with Gasteiger partial charge >= 0.3 is 0 Å². The van der Waals surface area contributed by atoms with Gasteiger partial charge in [0, 0.05) is 16.1 Å². The van der Waals surface area contributed by atoms with Gasteiger partial charge in [-0.25, -0.2) is 0 Å². The topological polar surface area (TPSA) is 47.3 Å². The highest BCUT2D eigenvalue weighted by Crippen LogP contribution is 2.31. The van der Waals surface area contributed by atoms with Crippen LogP contribution in [0.15, 0.2) is 40.9 Å². The molecular weight excluding hydrogens is 360 g/mol. The highest BCUT2D eigenvalue weighted by molar-refractivity contribution is 9.10. The van der Waals surface area contributed by atoms with Gasteiger partial charge in [-0.3, -0.25) is 0 Å². The SMILES string of the molecule is COc1ccc(C(N)=S)c(Nc2ccc(Br)cc2Cl)c1. The third-order valence-corrected chi connectivity index (χ3v) is 3.72. The van der Waals surface area contributed by atoms with E-state index in [4.69, 9.17) is 34.3 Å². The zero-order chi connectivity index (χ0) is 14.7. The maximum absolute atomic E-state index is 6.20. The van der Waals surface area contributed by atoms with Gasteiger partial charge in [0.05, 0.1) is 23.5 Å². The largest absolute Gasteiger partial charge is 0.497 e. The predicted octanol–water partition coefficient (Wildman–Crippen LogP) is 4.49. The van der Waals surface area contributed by atoms with Crippen LogP contribution < -0.4 is 15.8 Å². The number of thiocarbonyl (C=S) groups is 1. The Morgan fingerprint density at radius 2 is 2.00 bits per heavy atom. The molecule has 104 valence electrons. The molecule has 0 aliphatic rings. The first-order valence-electron chi connectivity index (χ1n) is 5.71. The lowest BCUT2D eigenvalue weighted by molar-refractivity contribution is 0.415. The Bertz CT molecular complexity index is 664. The normalized spacial score (nSPS) is 10.2. The number of ether oxygens (including phenoxy) is 1. The molecule has 0 spiro atoms. The fraction of sp³-hybridized carbons (Fsp3) is 0.0714. The zero-order valence-electron chi connectivity index (χ0n) is 10.6. The first kappa shape index (κ1) is 15.1. The number of rotatable bonds is 4. The lowest BCUT2D eigenvalue weighted by Gasteiger charge is -2.14. The summed E-state index contributed by atoms with van der Waals surface area (Å²) in [6.07, 6.45) is 0. The van der Waals surface area contributed by atoms with E-state index in [-0.39, 0.29) is 0 Å². The minimum absolute atomic E-state index is 0.309. The van der Waals surface area contributed by atoms with Crippen LogP contribution in [0.2, 0.25) is 5.02 Å². The summed E-state index contributed by atoms with van der Waals surface area (Å²) in [5.41, 5.74) is 7.98. The minimum Gasteiger partial charge on any atom is -0.497 e. The van der Waals surface area contributed by atoms with Gasteiger partial charge in [-0.15, -0.1) is 0 Å². The van der Waals surface area contributed by atoms with Crippen LogP contribution in [0.3, 0.4) is 0 Å². The second kappa shape index (κ2) is 6.43. The molecule has 0 unspecified atom stereocenters. The fourth-order valence-electron chi connectivity index (χ4n) is 1.70. The third kappa shape index (κ3) is 3.42. The lowest BCUT2D eigenvalue weighted by atomic mass is 10.1. The number of hydrogen-bond donors (Lipinski definition) is 2. The van der Waals surface area contributed by atoms with Crippen molar-refractivity contribution in [3.8, 4) is 5.75 Å². The first-order valence-corrected chi connectivity index (χ1v) is 7.29. The van der Waals surface area contributed by atoms with Crippen molar-refractivity contribution in [1.29, 1.82) is 0 Å². The molecule has 3 nitrogen and oxygen atoms in total. The van der Waals surface area contributed by atoms with Crippen molar-refractivity contribution in [1.82, 2.24) is 0 Å². The van der Waals surface area contributed by atoms with E-state index >= 15 is 0 Å². The second-order valence-corrected chi connectivity index (χ2v) is 5.79. The molecule has 2 aromatic carbocycles. The zero-order valence-corrected chi connectivity index (χ0v) is 13.8. The minimum atomic E-state index is 0.309. The van der Waals surface area contributed by atoms with Crippen LogP contribution in [0.5, 0.6) is 5.75 Å². The molecule has 2 aromatic rings. The molecular formula is C14H12BrClN2OS. The molecule has 2 rings (SSSR count). The van der Waals surface area contributed by atoms with Crippen LogP contribution in [0.25, 0.3) is 0 Å². The summed E-state index contributed by atoms with van der Waals surface area (Å²) in [6.45, 7) is 0. The molecule has 0 atom stereocenters. The van der Waals surface area contributed by atoms with E-state index in [1.807, 2.05) is 36.4 Å². The molecule has 0 heterocycles. The van der Waals surface area contributed by atoms with Crippen molar-refractivity contribution < 1.29 is 4.74 Å². The Kier molecular flexibility index (Phi) is 4.86. The van der Waals surface area contributed by atoms with Gasteiger partial charge in [0.25, 0.3) is 0 Å². The molecule has 0 radical (unpaired) electrons. The maximum atomic E-state index is 6.20. The summed E-state index contributed by atoms with van der Waals surface area (Å²) in [5.74, 6) is 0.709. The summed E-state index contributed by atoms with van der Waals surface area (Å²) in [6, 6.07) is 11.0. The van der Waals surface area contributed by atoms with Crippen LogP contribution in [-0.4, -0.2) is 12.1 Å². The van der Waals surface area contributed by atoms with Gasteiger partial charge in [-0.05, 0) is 30.3 Å². The highest BCUT2D eigenvalue weighted by atomic mass is 79.9. The van der Waals surface area contributed by atoms with Crippen molar-refractivity contribution in [3.05, 3.63) is 51.5 Å². The molecule has 0 saturated carbocycles. The number of anilines is 2. The van der Waals surface area contributed by atoms with Gasteiger partial charge in [0.1, 0.15) is 10.7 Å². The molecule has 3 N–H and O–H groups in total. The molecule has 0 aliphatic heterocycles. The van der Waals surface area contributed by atoms with E-state index in [1.165, 1.54) is 0 Å². The number of nitrogens with one attached hydrogen (secondary N) is 1. The number of methoxy groups -OCH3 is 1. The van der Waals surface area contributed by atoms with Crippen LogP contribution in [-0.2, 0) is 0 Å². The Hall–Kier alpha value is -1.30. The predicted molar refractivity (Wildman–Crippen MR) is 91.3 cm³/mol. The van der Waals surface area contributed by atoms with Crippen molar-refractivity contribution in [2.75, 3.05) is 12.4 Å². The van der Waals surface area contributed by atoms with Crippen molar-refractivity contribution in [2.45, 2.75) is 0 Å². The fourth-order valence-corrected chi connectivity index (χ4v) is 2.60. The molecule has 0 aliphatic carbocycles. The quantitative estimate of drug-likeness (QED) is 0.777. The van der Waals surface area contributed by atoms with Gasteiger partial charge < -0.3 is 15.8 Å². The number of halogens is 2. The molecule has 0 saturated heterocycles. The summed E-state index contributed by atoms with van der Waals surface area (Å²) >= 11 is 14.6. The van der Waals surface area contributed by atoms with Gasteiger partial charge in [-0.2, -0.15) is 0 Å². The van der Waals surface area contributed by atoms with E-state index in [1.54, 1.807) is 7.11 Å². The maximum Gasteiger partial charge on any atom is 0.120 e. The first-order chi connectivity index (χ1) is 9.51. The average molecular weight is 372 g/mol. The molecule has 0 amide bonds. The highest BCUT2D eigenvalue weighted by Gasteiger charge is 2.09. The lowest BCUT2D eigenvalue weighted by Crippen LogP contribution is -2.12. The summed E-state index contributed by atoms with van der Waals surface area (Å²) < 4.78 is 6.12. The van der Waals surface area contributed by atoms with Gasteiger partial charge in [0.2, 0.25) is 0 Å². The van der Waals surface area contributed by atoms with E-state index in [2.05, 4.69) is 21.2 Å². The molecule has 0 bridgehead atoms. The van der Waals surface area contributed by atoms with Crippen LogP contribution in [0.4, 0.5) is 11.4 Å². The van der Waals surface area contributed by atoms with Crippen LogP contribution in [0.1, 0.15) is 5.56 Å². The van der Waals surface area contributed by atoms with Crippen molar-refractivity contribution in [2.24, 2.45) is 5.73 Å². The van der Waals surface area contributed by atoms with E-state index in [9.17, 15) is 0 Å². The van der Waals surface area contributed by atoms with Gasteiger partial charge in [0.15, 0.2) is 0 Å². The van der Waals surface area contributed by atoms with Crippen LogP contribution in [0, 0.1) is 0 Å². The number of benzene rings is 2. The third-order valence-electron chi connectivity index (χ3n) is 2.69. The Balaban J connectivity index is 2.43. The van der Waals surface area contributed by atoms with E-state index in [0.717, 1.165) is 21.4 Å².